The van der Waals surface area contributed by atoms with Gasteiger partial charge < -0.3 is 20.0 Å². The fraction of sp³-hybridized carbons (Fsp3) is 0.550. The maximum absolute atomic E-state index is 12.8. The van der Waals surface area contributed by atoms with Crippen LogP contribution in [0.15, 0.2) is 30.3 Å². The van der Waals surface area contributed by atoms with Gasteiger partial charge in [0.05, 0.1) is 6.42 Å². The summed E-state index contributed by atoms with van der Waals surface area (Å²) in [5.41, 5.74) is 1.16. The molecule has 1 atom stereocenters. The van der Waals surface area contributed by atoms with E-state index >= 15 is 0 Å². The van der Waals surface area contributed by atoms with E-state index in [0.29, 0.717) is 26.2 Å². The van der Waals surface area contributed by atoms with Gasteiger partial charge in [-0.15, -0.1) is 0 Å². The standard InChI is InChI=1S/C20H28N4O3/c1-15(2)20(27)24-9-8-21-19(26)17(24)14-18(25)23-12-10-22(11-13-23)16-6-4-3-5-7-16/h3-7,15,17H,8-14H2,1-2H3,(H,21,26)/t17-/m0/s1. The molecule has 7 heteroatoms. The Hall–Kier alpha value is -2.57. The lowest BCUT2D eigenvalue weighted by Crippen LogP contribution is -2.59. The molecular weight excluding hydrogens is 344 g/mol. The lowest BCUT2D eigenvalue weighted by Gasteiger charge is -2.39. The maximum atomic E-state index is 12.8. The predicted molar refractivity (Wildman–Crippen MR) is 103 cm³/mol. The van der Waals surface area contributed by atoms with Gasteiger partial charge in [-0.2, -0.15) is 0 Å². The zero-order valence-corrected chi connectivity index (χ0v) is 16.1. The Morgan fingerprint density at radius 3 is 2.37 bits per heavy atom. The van der Waals surface area contributed by atoms with Gasteiger partial charge >= 0.3 is 0 Å². The van der Waals surface area contributed by atoms with Crippen LogP contribution in [0.1, 0.15) is 20.3 Å². The molecule has 2 aliphatic rings. The SMILES string of the molecule is CC(C)C(=O)N1CCNC(=O)[C@@H]1CC(=O)N1CCN(c2ccccc2)CC1. The number of rotatable bonds is 4. The zero-order chi connectivity index (χ0) is 19.4. The van der Waals surface area contributed by atoms with Crippen molar-refractivity contribution in [2.45, 2.75) is 26.3 Å². The Bertz CT molecular complexity index is 684. The Labute approximate surface area is 160 Å². The monoisotopic (exact) mass is 372 g/mol. The predicted octanol–water partition coefficient (Wildman–Crippen LogP) is 0.708. The Morgan fingerprint density at radius 1 is 1.07 bits per heavy atom. The van der Waals surface area contributed by atoms with E-state index in [2.05, 4.69) is 22.3 Å². The number of nitrogens with zero attached hydrogens (tertiary/aromatic N) is 3. The van der Waals surface area contributed by atoms with Crippen molar-refractivity contribution in [1.82, 2.24) is 15.1 Å². The molecule has 0 aromatic heterocycles. The fourth-order valence-electron chi connectivity index (χ4n) is 3.66. The summed E-state index contributed by atoms with van der Waals surface area (Å²) < 4.78 is 0. The lowest BCUT2D eigenvalue weighted by molar-refractivity contribution is -0.148. The third kappa shape index (κ3) is 4.40. The smallest absolute Gasteiger partial charge is 0.243 e. The normalized spacial score (nSPS) is 20.6. The van der Waals surface area contributed by atoms with Crippen molar-refractivity contribution in [3.63, 3.8) is 0 Å². The molecule has 0 aliphatic carbocycles. The van der Waals surface area contributed by atoms with Crippen LogP contribution in [0.4, 0.5) is 5.69 Å². The molecule has 0 spiro atoms. The molecule has 7 nitrogen and oxygen atoms in total. The Kier molecular flexibility index (Phi) is 5.98. The van der Waals surface area contributed by atoms with Crippen LogP contribution in [0.5, 0.6) is 0 Å². The van der Waals surface area contributed by atoms with E-state index in [1.807, 2.05) is 32.0 Å². The lowest BCUT2D eigenvalue weighted by atomic mass is 10.0. The van der Waals surface area contributed by atoms with Gasteiger partial charge in [0.25, 0.3) is 0 Å². The van der Waals surface area contributed by atoms with Crippen LogP contribution >= 0.6 is 0 Å². The van der Waals surface area contributed by atoms with Crippen LogP contribution in [0.25, 0.3) is 0 Å². The average molecular weight is 372 g/mol. The number of amides is 3. The maximum Gasteiger partial charge on any atom is 0.243 e. The molecule has 146 valence electrons. The van der Waals surface area contributed by atoms with Gasteiger partial charge in [0.2, 0.25) is 17.7 Å². The molecule has 1 aromatic rings. The van der Waals surface area contributed by atoms with Gasteiger partial charge in [-0.05, 0) is 12.1 Å². The van der Waals surface area contributed by atoms with Crippen molar-refractivity contribution in [3.8, 4) is 0 Å². The number of hydrogen-bond donors (Lipinski definition) is 1. The first-order chi connectivity index (χ1) is 13.0. The summed E-state index contributed by atoms with van der Waals surface area (Å²) >= 11 is 0. The second-order valence-corrected chi connectivity index (χ2v) is 7.40. The highest BCUT2D eigenvalue weighted by atomic mass is 16.2. The second kappa shape index (κ2) is 8.41. The fourth-order valence-corrected chi connectivity index (χ4v) is 3.66. The summed E-state index contributed by atoms with van der Waals surface area (Å²) in [5, 5.41) is 2.78. The second-order valence-electron chi connectivity index (χ2n) is 7.40. The Balaban J connectivity index is 1.59. The number of hydrogen-bond acceptors (Lipinski definition) is 4. The zero-order valence-electron chi connectivity index (χ0n) is 16.1. The van der Waals surface area contributed by atoms with Crippen molar-refractivity contribution in [1.29, 1.82) is 0 Å². The topological polar surface area (TPSA) is 73.0 Å². The first-order valence-electron chi connectivity index (χ1n) is 9.63. The number of benzene rings is 1. The molecule has 0 radical (unpaired) electrons. The quantitative estimate of drug-likeness (QED) is 0.845. The number of carbonyl (C=O) groups is 3. The first kappa shape index (κ1) is 19.2. The van der Waals surface area contributed by atoms with E-state index in [1.165, 1.54) is 0 Å². The highest BCUT2D eigenvalue weighted by Crippen LogP contribution is 2.18. The molecular formula is C20H28N4O3. The molecule has 1 aromatic carbocycles. The molecule has 0 unspecified atom stereocenters. The minimum Gasteiger partial charge on any atom is -0.368 e. The van der Waals surface area contributed by atoms with Crippen LogP contribution < -0.4 is 10.2 Å². The van der Waals surface area contributed by atoms with Gasteiger partial charge in [0, 0.05) is 50.9 Å². The van der Waals surface area contributed by atoms with E-state index < -0.39 is 6.04 Å². The summed E-state index contributed by atoms with van der Waals surface area (Å²) in [5.74, 6) is -0.558. The van der Waals surface area contributed by atoms with Gasteiger partial charge in [0.15, 0.2) is 0 Å². The molecule has 1 N–H and O–H groups in total. The number of piperazine rings is 2. The molecule has 0 saturated carbocycles. The van der Waals surface area contributed by atoms with Gasteiger partial charge in [-0.25, -0.2) is 0 Å². The highest BCUT2D eigenvalue weighted by Gasteiger charge is 2.36. The van der Waals surface area contributed by atoms with E-state index in [-0.39, 0.29) is 30.1 Å². The van der Waals surface area contributed by atoms with E-state index in [0.717, 1.165) is 18.8 Å². The average Bonchev–Trinajstić information content (AvgIpc) is 2.69. The first-order valence-corrected chi connectivity index (χ1v) is 9.63. The number of anilines is 1. The molecule has 3 amide bonds. The summed E-state index contributed by atoms with van der Waals surface area (Å²) in [6, 6.07) is 9.44. The van der Waals surface area contributed by atoms with Crippen molar-refractivity contribution in [2.75, 3.05) is 44.2 Å². The van der Waals surface area contributed by atoms with Gasteiger partial charge in [0.1, 0.15) is 6.04 Å². The van der Waals surface area contributed by atoms with Crippen molar-refractivity contribution in [2.24, 2.45) is 5.92 Å². The van der Waals surface area contributed by atoms with Crippen LogP contribution in [0.2, 0.25) is 0 Å². The number of para-hydroxylation sites is 1. The largest absolute Gasteiger partial charge is 0.368 e. The molecule has 27 heavy (non-hydrogen) atoms. The molecule has 2 heterocycles. The third-order valence-corrected chi connectivity index (χ3v) is 5.23. The third-order valence-electron chi connectivity index (χ3n) is 5.23. The van der Waals surface area contributed by atoms with Crippen LogP contribution in [0, 0.1) is 5.92 Å². The minimum absolute atomic E-state index is 0.0512. The van der Waals surface area contributed by atoms with E-state index in [1.54, 1.807) is 9.80 Å². The molecule has 2 fully saturated rings. The molecule has 0 bridgehead atoms. The van der Waals surface area contributed by atoms with Crippen LogP contribution in [-0.2, 0) is 14.4 Å². The van der Waals surface area contributed by atoms with E-state index in [9.17, 15) is 14.4 Å². The number of nitrogens with one attached hydrogen (secondary N) is 1. The van der Waals surface area contributed by atoms with Crippen molar-refractivity contribution in [3.05, 3.63) is 30.3 Å². The summed E-state index contributed by atoms with van der Waals surface area (Å²) in [6.45, 7) is 7.32. The minimum atomic E-state index is -0.701. The summed E-state index contributed by atoms with van der Waals surface area (Å²) in [4.78, 5) is 43.1. The summed E-state index contributed by atoms with van der Waals surface area (Å²) in [7, 11) is 0. The van der Waals surface area contributed by atoms with Crippen molar-refractivity contribution < 1.29 is 14.4 Å². The van der Waals surface area contributed by atoms with Gasteiger partial charge in [-0.3, -0.25) is 14.4 Å². The number of carbonyl (C=O) groups excluding carboxylic acids is 3. The van der Waals surface area contributed by atoms with Crippen molar-refractivity contribution >= 4 is 23.4 Å². The van der Waals surface area contributed by atoms with E-state index in [4.69, 9.17) is 0 Å². The van der Waals surface area contributed by atoms with Crippen LogP contribution in [0.3, 0.4) is 0 Å². The highest BCUT2D eigenvalue weighted by molar-refractivity contribution is 5.93. The molecule has 3 rings (SSSR count). The van der Waals surface area contributed by atoms with Crippen LogP contribution in [-0.4, -0.2) is 72.8 Å². The summed E-state index contributed by atoms with van der Waals surface area (Å²) in [6.07, 6.45) is 0.0512. The van der Waals surface area contributed by atoms with Gasteiger partial charge in [-0.1, -0.05) is 32.0 Å². The Morgan fingerprint density at radius 2 is 1.74 bits per heavy atom. The molecule has 2 aliphatic heterocycles. The molecule has 2 saturated heterocycles.